The van der Waals surface area contributed by atoms with Gasteiger partial charge in [-0.15, -0.1) is 0 Å². The summed E-state index contributed by atoms with van der Waals surface area (Å²) in [4.78, 5) is 0. The van der Waals surface area contributed by atoms with Gasteiger partial charge in [0.2, 0.25) is 0 Å². The molecule has 40 heavy (non-hydrogen) atoms. The van der Waals surface area contributed by atoms with E-state index in [1.165, 1.54) is 21.5 Å². The third kappa shape index (κ3) is 3.54. The van der Waals surface area contributed by atoms with Crippen LogP contribution in [-0.2, 0) is 0 Å². The summed E-state index contributed by atoms with van der Waals surface area (Å²) in [7, 11) is 0. The van der Waals surface area contributed by atoms with Crippen LogP contribution in [0, 0.1) is 0 Å². The Morgan fingerprint density at radius 2 is 0.850 bits per heavy atom. The summed E-state index contributed by atoms with van der Waals surface area (Å²) in [5.41, 5.74) is 5.23. The first kappa shape index (κ1) is 18.2. The van der Waals surface area contributed by atoms with Crippen molar-refractivity contribution < 1.29 is 6.85 Å². The van der Waals surface area contributed by atoms with E-state index in [-0.39, 0.29) is 29.7 Å². The average molecular weight is 512 g/mol. The van der Waals surface area contributed by atoms with Crippen LogP contribution in [0.5, 0.6) is 0 Å². The van der Waals surface area contributed by atoms with Crippen LogP contribution in [0.1, 0.15) is 6.85 Å². The molecule has 0 aliphatic rings. The zero-order valence-corrected chi connectivity index (χ0v) is 21.6. The predicted octanol–water partition coefficient (Wildman–Crippen LogP) is 11.3. The molecule has 8 aromatic rings. The van der Waals surface area contributed by atoms with Gasteiger partial charge in [-0.25, -0.2) is 0 Å². The molecule has 0 amide bonds. The van der Waals surface area contributed by atoms with Crippen molar-refractivity contribution in [3.63, 3.8) is 0 Å². The van der Waals surface area contributed by atoms with Gasteiger partial charge in [-0.05, 0) is 88.6 Å². The average Bonchev–Trinajstić information content (AvgIpc) is 3.09. The first-order valence-corrected chi connectivity index (χ1v) is 13.5. The van der Waals surface area contributed by atoms with Gasteiger partial charge in [0, 0.05) is 0 Å². The van der Waals surface area contributed by atoms with E-state index in [9.17, 15) is 0 Å². The molecule has 0 fully saturated rings. The van der Waals surface area contributed by atoms with E-state index in [4.69, 9.17) is 6.85 Å². The van der Waals surface area contributed by atoms with Crippen LogP contribution >= 0.6 is 0 Å². The molecule has 186 valence electrons. The summed E-state index contributed by atoms with van der Waals surface area (Å²) in [6.07, 6.45) is 0. The van der Waals surface area contributed by atoms with Gasteiger partial charge in [-0.2, -0.15) is 0 Å². The molecule has 0 radical (unpaired) electrons. The van der Waals surface area contributed by atoms with E-state index in [0.29, 0.717) is 5.56 Å². The second-order valence-corrected chi connectivity index (χ2v) is 10.1. The van der Waals surface area contributed by atoms with E-state index in [0.717, 1.165) is 43.8 Å². The fraction of sp³-hybridized carbons (Fsp3) is 0. The van der Waals surface area contributed by atoms with Gasteiger partial charge in [-0.1, -0.05) is 145 Å². The first-order chi connectivity index (χ1) is 21.9. The minimum absolute atomic E-state index is 0.200. The molecular formula is C40H26. The van der Waals surface area contributed by atoms with Crippen LogP contribution in [0.25, 0.3) is 76.5 Å². The van der Waals surface area contributed by atoms with E-state index in [1.807, 2.05) is 36.4 Å². The maximum Gasteiger partial charge on any atom is 0.0629 e. The van der Waals surface area contributed by atoms with Gasteiger partial charge in [0.1, 0.15) is 0 Å². The molecule has 0 spiro atoms. The second kappa shape index (κ2) is 9.22. The topological polar surface area (TPSA) is 0 Å². The molecule has 0 saturated carbocycles. The fourth-order valence-corrected chi connectivity index (χ4v) is 6.22. The molecule has 0 atom stereocenters. The van der Waals surface area contributed by atoms with Crippen LogP contribution in [0.4, 0.5) is 0 Å². The molecule has 0 heteroatoms. The van der Waals surface area contributed by atoms with Crippen LogP contribution in [0.15, 0.2) is 158 Å². The van der Waals surface area contributed by atoms with Crippen molar-refractivity contribution in [2.75, 3.05) is 0 Å². The molecule has 0 unspecified atom stereocenters. The van der Waals surface area contributed by atoms with Gasteiger partial charge in [0.25, 0.3) is 0 Å². The van der Waals surface area contributed by atoms with Gasteiger partial charge in [0.15, 0.2) is 0 Å². The van der Waals surface area contributed by atoms with E-state index >= 15 is 0 Å². The van der Waals surface area contributed by atoms with Crippen molar-refractivity contribution in [1.29, 1.82) is 0 Å². The monoisotopic (exact) mass is 511 g/mol. The summed E-state index contributed by atoms with van der Waals surface area (Å²) in [5, 5.41) is 8.42. The standard InChI is InChI=1S/C40H26/c1-2-13-27(14-3-1)39-34-21-8-10-23-36(34)40(37-24-11-9-22-35(37)39)30-17-12-16-28(25-30)38-26-29-15-4-5-18-31(29)32-19-6-7-20-33(32)38/h1-26H/i1D,2D,3D,13D,14D. The number of rotatable bonds is 3. The molecule has 0 saturated heterocycles. The van der Waals surface area contributed by atoms with Crippen molar-refractivity contribution in [2.24, 2.45) is 0 Å². The normalized spacial score (nSPS) is 13.2. The number of hydrogen-bond donors (Lipinski definition) is 0. The van der Waals surface area contributed by atoms with Crippen LogP contribution in [0.3, 0.4) is 0 Å². The smallest absolute Gasteiger partial charge is 0.0622 e. The summed E-state index contributed by atoms with van der Waals surface area (Å²) >= 11 is 0. The van der Waals surface area contributed by atoms with Gasteiger partial charge in [-0.3, -0.25) is 0 Å². The quantitative estimate of drug-likeness (QED) is 0.163. The SMILES string of the molecule is [2H]c1c([2H])c([2H])c(-c2c3ccccc3c(-c3cccc(-c4cc5ccccc5c5ccccc45)c3)c3ccccc23)c([2H])c1[2H]. The van der Waals surface area contributed by atoms with Crippen molar-refractivity contribution in [3.05, 3.63) is 158 Å². The highest BCUT2D eigenvalue weighted by Gasteiger charge is 2.17. The first-order valence-electron chi connectivity index (χ1n) is 16.0. The molecule has 0 N–H and O–H groups in total. The molecule has 0 aliphatic heterocycles. The molecule has 0 aromatic heterocycles. The lowest BCUT2D eigenvalue weighted by molar-refractivity contribution is 1.64. The Labute approximate surface area is 240 Å². The lowest BCUT2D eigenvalue weighted by Gasteiger charge is -2.18. The Kier molecular flexibility index (Phi) is 4.18. The minimum Gasteiger partial charge on any atom is -0.0622 e. The molecule has 0 bridgehead atoms. The largest absolute Gasteiger partial charge is 0.0629 e. The zero-order chi connectivity index (χ0) is 30.8. The van der Waals surface area contributed by atoms with E-state index in [2.05, 4.69) is 91.0 Å². The molecule has 8 rings (SSSR count). The van der Waals surface area contributed by atoms with Crippen molar-refractivity contribution >= 4 is 43.1 Å². The van der Waals surface area contributed by atoms with Crippen molar-refractivity contribution in [3.8, 4) is 33.4 Å². The Hall–Kier alpha value is -5.20. The highest BCUT2D eigenvalue weighted by Crippen LogP contribution is 2.44. The maximum absolute atomic E-state index is 8.82. The Bertz CT molecular complexity index is 2410. The molecular weight excluding hydrogens is 480 g/mol. The molecule has 0 aliphatic carbocycles. The highest BCUT2D eigenvalue weighted by molar-refractivity contribution is 6.21. The third-order valence-corrected chi connectivity index (χ3v) is 7.91. The highest BCUT2D eigenvalue weighted by atomic mass is 14.2. The molecule has 0 heterocycles. The number of fused-ring (bicyclic) bond motifs is 5. The van der Waals surface area contributed by atoms with Gasteiger partial charge < -0.3 is 0 Å². The maximum atomic E-state index is 8.82. The Morgan fingerprint density at radius 1 is 0.350 bits per heavy atom. The Morgan fingerprint density at radius 3 is 1.50 bits per heavy atom. The van der Waals surface area contributed by atoms with Gasteiger partial charge in [0.05, 0.1) is 6.85 Å². The summed E-state index contributed by atoms with van der Waals surface area (Å²) in [5.74, 6) is 0. The summed E-state index contributed by atoms with van der Waals surface area (Å²) in [6.45, 7) is 0. The Balaban J connectivity index is 1.45. The van der Waals surface area contributed by atoms with Crippen molar-refractivity contribution in [1.82, 2.24) is 0 Å². The third-order valence-electron chi connectivity index (χ3n) is 7.91. The zero-order valence-electron chi connectivity index (χ0n) is 26.6. The number of benzene rings is 8. The fourth-order valence-electron chi connectivity index (χ4n) is 6.22. The molecule has 8 aromatic carbocycles. The second-order valence-electron chi connectivity index (χ2n) is 10.1. The number of hydrogen-bond acceptors (Lipinski definition) is 0. The lowest BCUT2D eigenvalue weighted by Crippen LogP contribution is -1.91. The minimum atomic E-state index is -0.392. The van der Waals surface area contributed by atoms with Crippen LogP contribution in [0.2, 0.25) is 0 Å². The van der Waals surface area contributed by atoms with Crippen molar-refractivity contribution in [2.45, 2.75) is 0 Å². The lowest BCUT2D eigenvalue weighted by atomic mass is 9.85. The summed E-state index contributed by atoms with van der Waals surface area (Å²) in [6, 6.07) is 42.5. The van der Waals surface area contributed by atoms with E-state index < -0.39 is 6.04 Å². The van der Waals surface area contributed by atoms with Crippen LogP contribution < -0.4 is 0 Å². The summed E-state index contributed by atoms with van der Waals surface area (Å²) < 4.78 is 42.6. The predicted molar refractivity (Wildman–Crippen MR) is 173 cm³/mol. The molecule has 0 nitrogen and oxygen atoms in total. The van der Waals surface area contributed by atoms with Gasteiger partial charge >= 0.3 is 0 Å². The van der Waals surface area contributed by atoms with Crippen LogP contribution in [-0.4, -0.2) is 0 Å². The van der Waals surface area contributed by atoms with E-state index in [1.54, 1.807) is 0 Å².